The van der Waals surface area contributed by atoms with Gasteiger partial charge in [0.2, 0.25) is 0 Å². The number of aromatic nitrogens is 2. The highest BCUT2D eigenvalue weighted by atomic mass is 35.5. The second-order valence-electron chi connectivity index (χ2n) is 8.69. The molecule has 0 N–H and O–H groups in total. The molecule has 2 heterocycles. The fourth-order valence-corrected chi connectivity index (χ4v) is 4.88. The first-order chi connectivity index (χ1) is 14.0. The molecule has 1 amide bonds. The summed E-state index contributed by atoms with van der Waals surface area (Å²) in [5.41, 5.74) is 1.89. The van der Waals surface area contributed by atoms with Crippen molar-refractivity contribution in [3.05, 3.63) is 53.1 Å². The number of nitrogens with zero attached hydrogens (tertiary/aromatic N) is 4. The van der Waals surface area contributed by atoms with Crippen LogP contribution < -0.4 is 0 Å². The van der Waals surface area contributed by atoms with Crippen LogP contribution in [0.4, 0.5) is 0 Å². The normalized spacial score (nSPS) is 23.2. The molecule has 2 fully saturated rings. The minimum Gasteiger partial charge on any atom is -0.340 e. The number of piperidine rings is 1. The van der Waals surface area contributed by atoms with Crippen LogP contribution >= 0.6 is 11.6 Å². The first-order valence-corrected chi connectivity index (χ1v) is 11.2. The number of halogens is 1. The molecule has 2 aromatic rings. The van der Waals surface area contributed by atoms with E-state index in [0.717, 1.165) is 56.0 Å². The standard InChI is InChI=1S/C23H31ClN4O/c1-3-4-5-10-28(23(29)22-15-26(2)16-25-22)14-21-19-12-27(13-20(19)21)11-17-6-8-18(24)9-7-17/h6-9,15-16,19-21H,3-5,10-14H2,1-2H3. The van der Waals surface area contributed by atoms with Crippen molar-refractivity contribution in [2.45, 2.75) is 32.7 Å². The molecule has 2 aliphatic rings. The number of rotatable bonds is 9. The minimum absolute atomic E-state index is 0.0877. The molecule has 6 heteroatoms. The lowest BCUT2D eigenvalue weighted by Gasteiger charge is -2.25. The van der Waals surface area contributed by atoms with Crippen LogP contribution in [0.3, 0.4) is 0 Å². The Kier molecular flexibility index (Phi) is 6.26. The number of carbonyl (C=O) groups is 1. The molecule has 1 aromatic carbocycles. The number of carbonyl (C=O) groups excluding carboxylic acids is 1. The van der Waals surface area contributed by atoms with Gasteiger partial charge in [-0.1, -0.05) is 43.5 Å². The fraction of sp³-hybridized carbons (Fsp3) is 0.565. The Morgan fingerprint density at radius 2 is 1.93 bits per heavy atom. The summed E-state index contributed by atoms with van der Waals surface area (Å²) < 4.78 is 1.85. The second-order valence-corrected chi connectivity index (χ2v) is 9.13. The summed E-state index contributed by atoms with van der Waals surface area (Å²) in [6.07, 6.45) is 6.94. The van der Waals surface area contributed by atoms with E-state index in [4.69, 9.17) is 11.6 Å². The van der Waals surface area contributed by atoms with E-state index < -0.39 is 0 Å². The Morgan fingerprint density at radius 3 is 2.55 bits per heavy atom. The highest BCUT2D eigenvalue weighted by molar-refractivity contribution is 6.30. The molecule has 156 valence electrons. The summed E-state index contributed by atoms with van der Waals surface area (Å²) in [6.45, 7) is 7.18. The number of aryl methyl sites for hydroxylation is 1. The molecule has 0 radical (unpaired) electrons. The smallest absolute Gasteiger partial charge is 0.274 e. The third-order valence-corrected chi connectivity index (χ3v) is 6.69. The van der Waals surface area contributed by atoms with Crippen LogP contribution in [0.1, 0.15) is 42.2 Å². The molecule has 1 aromatic heterocycles. The quantitative estimate of drug-likeness (QED) is 0.580. The van der Waals surface area contributed by atoms with Gasteiger partial charge < -0.3 is 9.47 Å². The topological polar surface area (TPSA) is 41.4 Å². The number of unbranched alkanes of at least 4 members (excludes halogenated alkanes) is 2. The van der Waals surface area contributed by atoms with E-state index in [9.17, 15) is 4.79 Å². The van der Waals surface area contributed by atoms with Crippen molar-refractivity contribution in [2.75, 3.05) is 26.2 Å². The van der Waals surface area contributed by atoms with E-state index >= 15 is 0 Å². The maximum atomic E-state index is 13.0. The zero-order chi connectivity index (χ0) is 20.4. The molecular weight excluding hydrogens is 384 g/mol. The van der Waals surface area contributed by atoms with Gasteiger partial charge in [0.15, 0.2) is 0 Å². The van der Waals surface area contributed by atoms with Crippen molar-refractivity contribution >= 4 is 17.5 Å². The van der Waals surface area contributed by atoms with E-state index in [2.05, 4.69) is 33.8 Å². The average Bonchev–Trinajstić information content (AvgIpc) is 3.03. The Hall–Kier alpha value is -1.85. The monoisotopic (exact) mass is 414 g/mol. The third-order valence-electron chi connectivity index (χ3n) is 6.44. The van der Waals surface area contributed by atoms with Crippen LogP contribution in [-0.2, 0) is 13.6 Å². The summed E-state index contributed by atoms with van der Waals surface area (Å²) in [4.78, 5) is 21.9. The van der Waals surface area contributed by atoms with E-state index in [1.54, 1.807) is 6.33 Å². The zero-order valence-electron chi connectivity index (χ0n) is 17.4. The van der Waals surface area contributed by atoms with E-state index in [-0.39, 0.29) is 5.91 Å². The summed E-state index contributed by atoms with van der Waals surface area (Å²) in [5, 5.41) is 0.791. The van der Waals surface area contributed by atoms with Crippen LogP contribution in [0.5, 0.6) is 0 Å². The number of imidazole rings is 1. The van der Waals surface area contributed by atoms with Gasteiger partial charge in [0.1, 0.15) is 5.69 Å². The number of amides is 1. The van der Waals surface area contributed by atoms with Crippen LogP contribution in [0, 0.1) is 17.8 Å². The van der Waals surface area contributed by atoms with Crippen LogP contribution in [0.25, 0.3) is 0 Å². The molecule has 0 spiro atoms. The average molecular weight is 415 g/mol. The lowest BCUT2D eigenvalue weighted by molar-refractivity contribution is 0.0729. The van der Waals surface area contributed by atoms with E-state index in [1.807, 2.05) is 29.9 Å². The highest BCUT2D eigenvalue weighted by Crippen LogP contribution is 2.52. The number of benzene rings is 1. The van der Waals surface area contributed by atoms with Gasteiger partial charge in [-0.3, -0.25) is 9.69 Å². The Balaban J connectivity index is 1.31. The predicted molar refractivity (Wildman–Crippen MR) is 116 cm³/mol. The van der Waals surface area contributed by atoms with Crippen molar-refractivity contribution in [2.24, 2.45) is 24.8 Å². The van der Waals surface area contributed by atoms with Gasteiger partial charge in [0.25, 0.3) is 5.91 Å². The zero-order valence-corrected chi connectivity index (χ0v) is 18.2. The van der Waals surface area contributed by atoms with Crippen molar-refractivity contribution < 1.29 is 4.79 Å². The van der Waals surface area contributed by atoms with Gasteiger partial charge in [0.05, 0.1) is 6.33 Å². The van der Waals surface area contributed by atoms with E-state index in [0.29, 0.717) is 11.6 Å². The summed E-state index contributed by atoms with van der Waals surface area (Å²) in [5.74, 6) is 2.19. The maximum absolute atomic E-state index is 13.0. The first-order valence-electron chi connectivity index (χ1n) is 10.8. The molecule has 1 saturated heterocycles. The van der Waals surface area contributed by atoms with Crippen LogP contribution in [0.15, 0.2) is 36.8 Å². The van der Waals surface area contributed by atoms with Crippen molar-refractivity contribution in [1.29, 1.82) is 0 Å². The molecule has 5 nitrogen and oxygen atoms in total. The van der Waals surface area contributed by atoms with Crippen molar-refractivity contribution in [3.8, 4) is 0 Å². The molecule has 1 aliphatic heterocycles. The Morgan fingerprint density at radius 1 is 1.21 bits per heavy atom. The van der Waals surface area contributed by atoms with Gasteiger partial charge in [-0.25, -0.2) is 4.98 Å². The highest BCUT2D eigenvalue weighted by Gasteiger charge is 2.55. The van der Waals surface area contributed by atoms with Gasteiger partial charge in [-0.05, 0) is 41.9 Å². The first kappa shape index (κ1) is 20.4. The van der Waals surface area contributed by atoms with Gasteiger partial charge in [0, 0.05) is 51.0 Å². The lowest BCUT2D eigenvalue weighted by atomic mass is 10.1. The molecule has 29 heavy (non-hydrogen) atoms. The SMILES string of the molecule is CCCCCN(CC1C2CN(Cc3ccc(Cl)cc3)CC21)C(=O)c1cn(C)cn1. The van der Waals surface area contributed by atoms with Gasteiger partial charge in [-0.15, -0.1) is 0 Å². The third kappa shape index (κ3) is 4.84. The molecular formula is C23H31ClN4O. The maximum Gasteiger partial charge on any atom is 0.274 e. The number of likely N-dealkylation sites (tertiary alicyclic amines) is 1. The Labute approximate surface area is 178 Å². The summed E-state index contributed by atoms with van der Waals surface area (Å²) in [7, 11) is 1.91. The summed E-state index contributed by atoms with van der Waals surface area (Å²) in [6, 6.07) is 8.16. The molecule has 0 bridgehead atoms. The van der Waals surface area contributed by atoms with Gasteiger partial charge >= 0.3 is 0 Å². The molecule has 1 saturated carbocycles. The lowest BCUT2D eigenvalue weighted by Crippen LogP contribution is -2.36. The number of hydrogen-bond acceptors (Lipinski definition) is 3. The van der Waals surface area contributed by atoms with Crippen LogP contribution in [0.2, 0.25) is 5.02 Å². The van der Waals surface area contributed by atoms with Crippen molar-refractivity contribution in [1.82, 2.24) is 19.4 Å². The molecule has 4 rings (SSSR count). The second kappa shape index (κ2) is 8.88. The van der Waals surface area contributed by atoms with Crippen LogP contribution in [-0.4, -0.2) is 51.4 Å². The number of hydrogen-bond donors (Lipinski definition) is 0. The van der Waals surface area contributed by atoms with Crippen molar-refractivity contribution in [3.63, 3.8) is 0 Å². The van der Waals surface area contributed by atoms with E-state index in [1.165, 1.54) is 18.4 Å². The molecule has 2 unspecified atom stereocenters. The summed E-state index contributed by atoms with van der Waals surface area (Å²) >= 11 is 5.99. The molecule has 2 atom stereocenters. The minimum atomic E-state index is 0.0877. The van der Waals surface area contributed by atoms with Gasteiger partial charge in [-0.2, -0.15) is 0 Å². The number of fused-ring (bicyclic) bond motifs is 1. The fourth-order valence-electron chi connectivity index (χ4n) is 4.75. The largest absolute Gasteiger partial charge is 0.340 e. The predicted octanol–water partition coefficient (Wildman–Crippen LogP) is 4.08. The molecule has 1 aliphatic carbocycles. The Bertz CT molecular complexity index is 822.